The molecular weight excluding hydrogens is 278 g/mol. The van der Waals surface area contributed by atoms with E-state index in [1.165, 1.54) is 6.92 Å². The van der Waals surface area contributed by atoms with Crippen LogP contribution >= 0.6 is 0 Å². The van der Waals surface area contributed by atoms with E-state index in [4.69, 9.17) is 4.74 Å². The van der Waals surface area contributed by atoms with Gasteiger partial charge in [-0.2, -0.15) is 0 Å². The van der Waals surface area contributed by atoms with Crippen LogP contribution in [0.25, 0.3) is 0 Å². The van der Waals surface area contributed by atoms with E-state index in [-0.39, 0.29) is 17.8 Å². The summed E-state index contributed by atoms with van der Waals surface area (Å²) >= 11 is 0. The van der Waals surface area contributed by atoms with Gasteiger partial charge in [0.15, 0.2) is 5.78 Å². The quantitative estimate of drug-likeness (QED) is 0.851. The van der Waals surface area contributed by atoms with Crippen molar-refractivity contribution in [2.24, 2.45) is 0 Å². The van der Waals surface area contributed by atoms with E-state index in [0.29, 0.717) is 22.6 Å². The van der Waals surface area contributed by atoms with Gasteiger partial charge in [0.1, 0.15) is 5.75 Å². The highest BCUT2D eigenvalue weighted by molar-refractivity contribution is 6.05. The van der Waals surface area contributed by atoms with Gasteiger partial charge in [-0.25, -0.2) is 0 Å². The Morgan fingerprint density at radius 3 is 2.36 bits per heavy atom. The molecule has 0 spiro atoms. The first kappa shape index (κ1) is 15.8. The Balaban J connectivity index is 2.15. The number of hydrogen-bond donors (Lipinski definition) is 1. The van der Waals surface area contributed by atoms with E-state index >= 15 is 0 Å². The highest BCUT2D eigenvalue weighted by Gasteiger charge is 2.09. The zero-order valence-electron chi connectivity index (χ0n) is 12.9. The fourth-order valence-electron chi connectivity index (χ4n) is 2.00. The number of benzene rings is 2. The lowest BCUT2D eigenvalue weighted by Gasteiger charge is -2.11. The molecule has 0 bridgehead atoms. The monoisotopic (exact) mass is 297 g/mol. The summed E-state index contributed by atoms with van der Waals surface area (Å²) < 4.78 is 5.58. The lowest BCUT2D eigenvalue weighted by Crippen LogP contribution is -2.13. The maximum absolute atomic E-state index is 12.3. The number of ether oxygens (including phenoxy) is 1. The van der Waals surface area contributed by atoms with Gasteiger partial charge in [-0.1, -0.05) is 18.2 Å². The standard InChI is InChI=1S/C18H19NO3/c1-12(2)22-17-9-5-7-15(11-17)18(21)19-16-8-4-6-14(10-16)13(3)20/h4-12H,1-3H3,(H,19,21). The molecule has 1 N–H and O–H groups in total. The van der Waals surface area contributed by atoms with Crippen LogP contribution in [0.3, 0.4) is 0 Å². The smallest absolute Gasteiger partial charge is 0.255 e. The normalized spacial score (nSPS) is 10.4. The number of hydrogen-bond acceptors (Lipinski definition) is 3. The number of nitrogens with one attached hydrogen (secondary N) is 1. The Hall–Kier alpha value is -2.62. The van der Waals surface area contributed by atoms with Gasteiger partial charge < -0.3 is 10.1 Å². The number of carbonyl (C=O) groups is 2. The Morgan fingerprint density at radius 2 is 1.68 bits per heavy atom. The molecule has 0 fully saturated rings. The Morgan fingerprint density at radius 1 is 1.00 bits per heavy atom. The molecule has 1 amide bonds. The number of rotatable bonds is 5. The summed E-state index contributed by atoms with van der Waals surface area (Å²) in [7, 11) is 0. The molecule has 0 atom stereocenters. The van der Waals surface area contributed by atoms with Crippen molar-refractivity contribution in [3.05, 3.63) is 59.7 Å². The van der Waals surface area contributed by atoms with E-state index in [1.807, 2.05) is 19.9 Å². The first-order chi connectivity index (χ1) is 10.5. The maximum Gasteiger partial charge on any atom is 0.255 e. The molecule has 0 radical (unpaired) electrons. The van der Waals surface area contributed by atoms with E-state index in [2.05, 4.69) is 5.32 Å². The van der Waals surface area contributed by atoms with Gasteiger partial charge in [-0.05, 0) is 51.1 Å². The summed E-state index contributed by atoms with van der Waals surface area (Å²) in [6.07, 6.45) is 0.0468. The van der Waals surface area contributed by atoms with Crippen molar-refractivity contribution in [3.8, 4) is 5.75 Å². The van der Waals surface area contributed by atoms with Crippen molar-refractivity contribution in [3.63, 3.8) is 0 Å². The first-order valence-electron chi connectivity index (χ1n) is 7.15. The van der Waals surface area contributed by atoms with Gasteiger partial charge in [0.05, 0.1) is 6.10 Å². The Bertz CT molecular complexity index is 692. The van der Waals surface area contributed by atoms with Gasteiger partial charge >= 0.3 is 0 Å². The summed E-state index contributed by atoms with van der Waals surface area (Å²) in [6.45, 7) is 5.35. The largest absolute Gasteiger partial charge is 0.491 e. The second-order valence-corrected chi connectivity index (χ2v) is 5.29. The third-order valence-electron chi connectivity index (χ3n) is 2.99. The molecule has 2 aromatic rings. The van der Waals surface area contributed by atoms with Crippen molar-refractivity contribution in [1.29, 1.82) is 0 Å². The van der Waals surface area contributed by atoms with E-state index in [9.17, 15) is 9.59 Å². The highest BCUT2D eigenvalue weighted by Crippen LogP contribution is 2.17. The lowest BCUT2D eigenvalue weighted by atomic mass is 10.1. The van der Waals surface area contributed by atoms with Crippen molar-refractivity contribution < 1.29 is 14.3 Å². The van der Waals surface area contributed by atoms with E-state index < -0.39 is 0 Å². The van der Waals surface area contributed by atoms with Gasteiger partial charge in [0.25, 0.3) is 5.91 Å². The minimum atomic E-state index is -0.241. The average molecular weight is 297 g/mol. The number of carbonyl (C=O) groups excluding carboxylic acids is 2. The molecule has 0 aliphatic rings. The van der Waals surface area contributed by atoms with Gasteiger partial charge in [-0.3, -0.25) is 9.59 Å². The van der Waals surface area contributed by atoms with Crippen LogP contribution in [0.4, 0.5) is 5.69 Å². The second kappa shape index (κ2) is 6.89. The highest BCUT2D eigenvalue weighted by atomic mass is 16.5. The van der Waals surface area contributed by atoms with Crippen LogP contribution in [0, 0.1) is 0 Å². The Kier molecular flexibility index (Phi) is 4.94. The minimum absolute atomic E-state index is 0.0385. The number of ketones is 1. The van der Waals surface area contributed by atoms with Crippen LogP contribution in [0.1, 0.15) is 41.5 Å². The molecule has 22 heavy (non-hydrogen) atoms. The molecule has 2 aromatic carbocycles. The van der Waals surface area contributed by atoms with Crippen LogP contribution in [-0.4, -0.2) is 17.8 Å². The Labute approximate surface area is 130 Å². The number of Topliss-reactive ketones (excluding diaryl/α,β-unsaturated/α-hetero) is 1. The summed E-state index contributed by atoms with van der Waals surface area (Å²) in [5.41, 5.74) is 1.66. The van der Waals surface area contributed by atoms with Crippen molar-refractivity contribution in [2.45, 2.75) is 26.9 Å². The van der Waals surface area contributed by atoms with Gasteiger partial charge in [0, 0.05) is 16.8 Å². The fraction of sp³-hybridized carbons (Fsp3) is 0.222. The molecule has 0 aliphatic heterocycles. The fourth-order valence-corrected chi connectivity index (χ4v) is 2.00. The number of amides is 1. The van der Waals surface area contributed by atoms with Gasteiger partial charge in [0.2, 0.25) is 0 Å². The van der Waals surface area contributed by atoms with Crippen molar-refractivity contribution in [1.82, 2.24) is 0 Å². The summed E-state index contributed by atoms with van der Waals surface area (Å²) in [4.78, 5) is 23.7. The lowest BCUT2D eigenvalue weighted by molar-refractivity contribution is 0.101. The average Bonchev–Trinajstić information content (AvgIpc) is 2.47. The molecule has 0 aromatic heterocycles. The summed E-state index contributed by atoms with van der Waals surface area (Å²) in [5.74, 6) is 0.374. The first-order valence-corrected chi connectivity index (χ1v) is 7.15. The zero-order valence-corrected chi connectivity index (χ0v) is 12.9. The molecular formula is C18H19NO3. The van der Waals surface area contributed by atoms with Crippen LogP contribution in [0.2, 0.25) is 0 Å². The topological polar surface area (TPSA) is 55.4 Å². The molecule has 4 heteroatoms. The van der Waals surface area contributed by atoms with E-state index in [0.717, 1.165) is 0 Å². The van der Waals surface area contributed by atoms with Crippen molar-refractivity contribution in [2.75, 3.05) is 5.32 Å². The predicted octanol–water partition coefficient (Wildman–Crippen LogP) is 3.93. The third kappa shape index (κ3) is 4.19. The second-order valence-electron chi connectivity index (χ2n) is 5.29. The van der Waals surface area contributed by atoms with Crippen LogP contribution in [-0.2, 0) is 0 Å². The molecule has 0 aliphatic carbocycles. The van der Waals surface area contributed by atoms with Crippen molar-refractivity contribution >= 4 is 17.4 Å². The molecule has 0 saturated carbocycles. The minimum Gasteiger partial charge on any atom is -0.491 e. The molecule has 0 heterocycles. The summed E-state index contributed by atoms with van der Waals surface area (Å²) in [6, 6.07) is 13.9. The van der Waals surface area contributed by atoms with Crippen LogP contribution in [0.15, 0.2) is 48.5 Å². The SMILES string of the molecule is CC(=O)c1cccc(NC(=O)c2cccc(OC(C)C)c2)c1. The molecule has 0 saturated heterocycles. The zero-order chi connectivity index (χ0) is 16.1. The molecule has 114 valence electrons. The van der Waals surface area contributed by atoms with E-state index in [1.54, 1.807) is 42.5 Å². The van der Waals surface area contributed by atoms with Crippen LogP contribution in [0.5, 0.6) is 5.75 Å². The molecule has 2 rings (SSSR count). The number of anilines is 1. The molecule has 0 unspecified atom stereocenters. The predicted molar refractivity (Wildman–Crippen MR) is 86.6 cm³/mol. The van der Waals surface area contributed by atoms with Gasteiger partial charge in [-0.15, -0.1) is 0 Å². The third-order valence-corrected chi connectivity index (χ3v) is 2.99. The summed E-state index contributed by atoms with van der Waals surface area (Å²) in [5, 5.41) is 2.79. The molecule has 4 nitrogen and oxygen atoms in total. The maximum atomic E-state index is 12.3. The van der Waals surface area contributed by atoms with Crippen LogP contribution < -0.4 is 10.1 Å².